The van der Waals surface area contributed by atoms with Crippen molar-refractivity contribution in [2.75, 3.05) is 13.1 Å². The molecular formula is C18H29IN4O2. The van der Waals surface area contributed by atoms with E-state index >= 15 is 0 Å². The van der Waals surface area contributed by atoms with Crippen molar-refractivity contribution in [1.29, 1.82) is 0 Å². The SMILES string of the molecule is CCNC(=NCCCCn1ccccc1=O)NC1CC2CCC1O2.I. The molecule has 25 heavy (non-hydrogen) atoms. The third kappa shape index (κ3) is 5.70. The number of hydrogen-bond acceptors (Lipinski definition) is 3. The van der Waals surface area contributed by atoms with E-state index in [1.54, 1.807) is 16.7 Å². The van der Waals surface area contributed by atoms with Crippen LogP contribution in [0.1, 0.15) is 39.0 Å². The predicted octanol–water partition coefficient (Wildman–Crippen LogP) is 2.12. The highest BCUT2D eigenvalue weighted by Crippen LogP contribution is 2.34. The highest BCUT2D eigenvalue weighted by Gasteiger charge is 2.41. The first-order valence-corrected chi connectivity index (χ1v) is 9.12. The lowest BCUT2D eigenvalue weighted by Crippen LogP contribution is -2.47. The van der Waals surface area contributed by atoms with E-state index in [0.29, 0.717) is 18.2 Å². The van der Waals surface area contributed by atoms with Crippen LogP contribution in [0.3, 0.4) is 0 Å². The summed E-state index contributed by atoms with van der Waals surface area (Å²) in [5.74, 6) is 0.885. The Bertz CT molecular complexity index is 619. The maximum atomic E-state index is 11.6. The quantitative estimate of drug-likeness (QED) is 0.283. The summed E-state index contributed by atoms with van der Waals surface area (Å²) in [4.78, 5) is 16.3. The average Bonchev–Trinajstić information content (AvgIpc) is 3.19. The van der Waals surface area contributed by atoms with Crippen LogP contribution in [-0.4, -0.2) is 41.9 Å². The van der Waals surface area contributed by atoms with Crippen LogP contribution in [0.4, 0.5) is 0 Å². The zero-order valence-electron chi connectivity index (χ0n) is 14.8. The molecule has 140 valence electrons. The van der Waals surface area contributed by atoms with E-state index < -0.39 is 0 Å². The topological polar surface area (TPSA) is 67.7 Å². The van der Waals surface area contributed by atoms with Crippen LogP contribution in [0.25, 0.3) is 0 Å². The normalized spacial score (nSPS) is 24.8. The molecule has 2 aliphatic rings. The number of fused-ring (bicyclic) bond motifs is 2. The lowest BCUT2D eigenvalue weighted by Gasteiger charge is -2.22. The molecular weight excluding hydrogens is 431 g/mol. The molecule has 0 saturated carbocycles. The van der Waals surface area contributed by atoms with Crippen molar-refractivity contribution in [3.8, 4) is 0 Å². The second kappa shape index (κ2) is 10.2. The minimum atomic E-state index is 0. The number of nitrogens with one attached hydrogen (secondary N) is 2. The number of pyridine rings is 1. The summed E-state index contributed by atoms with van der Waals surface area (Å²) in [6.07, 6.45) is 8.00. The van der Waals surface area contributed by atoms with Gasteiger partial charge in [0.15, 0.2) is 5.96 Å². The molecule has 3 heterocycles. The Labute approximate surface area is 166 Å². The van der Waals surface area contributed by atoms with Crippen molar-refractivity contribution in [2.24, 2.45) is 4.99 Å². The number of nitrogens with zero attached hydrogens (tertiary/aromatic N) is 2. The molecule has 3 rings (SSSR count). The highest BCUT2D eigenvalue weighted by atomic mass is 127. The number of rotatable bonds is 7. The van der Waals surface area contributed by atoms with Crippen LogP contribution in [-0.2, 0) is 11.3 Å². The lowest BCUT2D eigenvalue weighted by molar-refractivity contribution is 0.0992. The molecule has 2 saturated heterocycles. The summed E-state index contributed by atoms with van der Waals surface area (Å²) < 4.78 is 7.64. The van der Waals surface area contributed by atoms with Gasteiger partial charge in [-0.3, -0.25) is 9.79 Å². The predicted molar refractivity (Wildman–Crippen MR) is 111 cm³/mol. The number of unbranched alkanes of at least 4 members (excludes halogenated alkanes) is 1. The van der Waals surface area contributed by atoms with Crippen molar-refractivity contribution in [2.45, 2.75) is 63.8 Å². The van der Waals surface area contributed by atoms with Gasteiger partial charge in [0.05, 0.1) is 18.2 Å². The molecule has 3 atom stereocenters. The summed E-state index contributed by atoms with van der Waals surface area (Å²) in [6, 6.07) is 5.66. The number of aliphatic imine (C=N–C) groups is 1. The van der Waals surface area contributed by atoms with Gasteiger partial charge >= 0.3 is 0 Å². The highest BCUT2D eigenvalue weighted by molar-refractivity contribution is 14.0. The van der Waals surface area contributed by atoms with Crippen LogP contribution in [0.2, 0.25) is 0 Å². The summed E-state index contributed by atoms with van der Waals surface area (Å²) in [5.41, 5.74) is 0.0623. The zero-order valence-corrected chi connectivity index (χ0v) is 17.1. The molecule has 2 N–H and O–H groups in total. The first kappa shape index (κ1) is 20.2. The lowest BCUT2D eigenvalue weighted by atomic mass is 9.96. The molecule has 1 aromatic heterocycles. The van der Waals surface area contributed by atoms with Crippen LogP contribution in [0.15, 0.2) is 34.2 Å². The van der Waals surface area contributed by atoms with Gasteiger partial charge in [0.2, 0.25) is 5.56 Å². The van der Waals surface area contributed by atoms with Crippen molar-refractivity contribution in [3.05, 3.63) is 34.7 Å². The molecule has 0 spiro atoms. The molecule has 0 aromatic carbocycles. The van der Waals surface area contributed by atoms with Crippen LogP contribution in [0.5, 0.6) is 0 Å². The van der Waals surface area contributed by atoms with Gasteiger partial charge in [-0.25, -0.2) is 0 Å². The number of halogens is 1. The van der Waals surface area contributed by atoms with Gasteiger partial charge in [-0.2, -0.15) is 0 Å². The fraction of sp³-hybridized carbons (Fsp3) is 0.667. The van der Waals surface area contributed by atoms with Gasteiger partial charge in [0.25, 0.3) is 0 Å². The molecule has 0 aliphatic carbocycles. The van der Waals surface area contributed by atoms with Crippen molar-refractivity contribution in [3.63, 3.8) is 0 Å². The molecule has 2 aliphatic heterocycles. The number of hydrogen-bond donors (Lipinski definition) is 2. The van der Waals surface area contributed by atoms with Gasteiger partial charge in [-0.1, -0.05) is 6.07 Å². The summed E-state index contributed by atoms with van der Waals surface area (Å²) in [7, 11) is 0. The number of ether oxygens (including phenoxy) is 1. The Hall–Kier alpha value is -1.09. The first-order chi connectivity index (χ1) is 11.8. The van der Waals surface area contributed by atoms with Crippen LogP contribution >= 0.6 is 24.0 Å². The summed E-state index contributed by atoms with van der Waals surface area (Å²) in [6.45, 7) is 4.45. The maximum absolute atomic E-state index is 11.6. The van der Waals surface area contributed by atoms with Crippen LogP contribution < -0.4 is 16.2 Å². The molecule has 7 heteroatoms. The molecule has 0 amide bonds. The number of guanidine groups is 1. The number of aromatic nitrogens is 1. The fourth-order valence-electron chi connectivity index (χ4n) is 3.52. The third-order valence-corrected chi connectivity index (χ3v) is 4.75. The molecule has 2 fully saturated rings. The fourth-order valence-corrected chi connectivity index (χ4v) is 3.52. The van der Waals surface area contributed by atoms with Crippen molar-refractivity contribution in [1.82, 2.24) is 15.2 Å². The van der Waals surface area contributed by atoms with Crippen LogP contribution in [0, 0.1) is 0 Å². The van der Waals surface area contributed by atoms with Gasteiger partial charge in [0, 0.05) is 31.9 Å². The third-order valence-electron chi connectivity index (χ3n) is 4.75. The van der Waals surface area contributed by atoms with Gasteiger partial charge < -0.3 is 19.9 Å². The molecule has 6 nitrogen and oxygen atoms in total. The Morgan fingerprint density at radius 3 is 2.92 bits per heavy atom. The van der Waals surface area contributed by atoms with E-state index in [9.17, 15) is 4.79 Å². The van der Waals surface area contributed by atoms with E-state index in [0.717, 1.165) is 51.3 Å². The monoisotopic (exact) mass is 460 g/mol. The van der Waals surface area contributed by atoms with Crippen molar-refractivity contribution >= 4 is 29.9 Å². The molecule has 2 bridgehead atoms. The number of aryl methyl sites for hydroxylation is 1. The maximum Gasteiger partial charge on any atom is 0.250 e. The Morgan fingerprint density at radius 1 is 1.36 bits per heavy atom. The van der Waals surface area contributed by atoms with E-state index in [2.05, 4.69) is 22.5 Å². The Balaban J connectivity index is 0.00000225. The minimum Gasteiger partial charge on any atom is -0.373 e. The van der Waals surface area contributed by atoms with E-state index in [4.69, 9.17) is 4.74 Å². The first-order valence-electron chi connectivity index (χ1n) is 9.12. The molecule has 1 aromatic rings. The molecule has 0 radical (unpaired) electrons. The zero-order chi connectivity index (χ0) is 16.8. The smallest absolute Gasteiger partial charge is 0.250 e. The van der Waals surface area contributed by atoms with Crippen molar-refractivity contribution < 1.29 is 4.74 Å². The van der Waals surface area contributed by atoms with E-state index in [1.165, 1.54) is 6.42 Å². The summed E-state index contributed by atoms with van der Waals surface area (Å²) in [5, 5.41) is 6.84. The largest absolute Gasteiger partial charge is 0.373 e. The second-order valence-electron chi connectivity index (χ2n) is 6.56. The van der Waals surface area contributed by atoms with Gasteiger partial charge in [-0.15, -0.1) is 24.0 Å². The van der Waals surface area contributed by atoms with Gasteiger partial charge in [0.1, 0.15) is 0 Å². The Kier molecular flexibility index (Phi) is 8.21. The van der Waals surface area contributed by atoms with Gasteiger partial charge in [-0.05, 0) is 45.1 Å². The second-order valence-corrected chi connectivity index (χ2v) is 6.56. The minimum absolute atomic E-state index is 0. The standard InChI is InChI=1S/C18H28N4O2.HI/c1-2-19-18(21-15-13-14-8-9-16(15)24-14)20-10-4-6-12-22-11-5-3-7-17(22)23;/h3,5,7,11,14-16H,2,4,6,8-10,12-13H2,1H3,(H2,19,20,21);1H. The van der Waals surface area contributed by atoms with E-state index in [1.807, 2.05) is 12.3 Å². The van der Waals surface area contributed by atoms with E-state index in [-0.39, 0.29) is 29.5 Å². The summed E-state index contributed by atoms with van der Waals surface area (Å²) >= 11 is 0. The average molecular weight is 460 g/mol. The Morgan fingerprint density at radius 2 is 2.24 bits per heavy atom. The molecule has 3 unspecified atom stereocenters.